The van der Waals surface area contributed by atoms with Gasteiger partial charge in [0.15, 0.2) is 0 Å². The first kappa shape index (κ1) is 12.5. The summed E-state index contributed by atoms with van der Waals surface area (Å²) in [4.78, 5) is 22.2. The molecule has 1 rings (SSSR count). The summed E-state index contributed by atoms with van der Waals surface area (Å²) in [5.74, 6) is -0.478. The van der Waals surface area contributed by atoms with Gasteiger partial charge in [0, 0.05) is 11.4 Å². The number of amides is 2. The number of hydrazine groups is 1. The van der Waals surface area contributed by atoms with E-state index < -0.39 is 0 Å². The summed E-state index contributed by atoms with van der Waals surface area (Å²) in [6, 6.07) is 6.97. The minimum atomic E-state index is -0.260. The van der Waals surface area contributed by atoms with Crippen LogP contribution in [0, 0.1) is 0 Å². The van der Waals surface area contributed by atoms with E-state index in [1.54, 1.807) is 31.2 Å². The first-order valence-electron chi connectivity index (χ1n) is 4.94. The molecule has 2 N–H and O–H groups in total. The average molecular weight is 241 g/mol. The first-order valence-corrected chi connectivity index (χ1v) is 5.31. The fourth-order valence-corrected chi connectivity index (χ4v) is 1.19. The topological polar surface area (TPSA) is 58.2 Å². The van der Waals surface area contributed by atoms with Crippen molar-refractivity contribution in [3.05, 3.63) is 34.9 Å². The lowest BCUT2D eigenvalue weighted by atomic mass is 10.1. The molecule has 0 atom stereocenters. The van der Waals surface area contributed by atoms with E-state index in [1.165, 1.54) is 0 Å². The van der Waals surface area contributed by atoms with Crippen molar-refractivity contribution in [3.8, 4) is 0 Å². The molecule has 0 aliphatic heterocycles. The van der Waals surface area contributed by atoms with Gasteiger partial charge in [0.05, 0.1) is 6.42 Å². The van der Waals surface area contributed by atoms with Crippen molar-refractivity contribution in [2.45, 2.75) is 19.8 Å². The van der Waals surface area contributed by atoms with E-state index in [0.717, 1.165) is 5.56 Å². The third-order valence-corrected chi connectivity index (χ3v) is 2.19. The Hall–Kier alpha value is -1.55. The smallest absolute Gasteiger partial charge is 0.242 e. The van der Waals surface area contributed by atoms with Crippen LogP contribution < -0.4 is 10.9 Å². The molecule has 0 radical (unpaired) electrons. The Morgan fingerprint density at radius 1 is 1.12 bits per heavy atom. The zero-order valence-corrected chi connectivity index (χ0v) is 9.67. The van der Waals surface area contributed by atoms with Gasteiger partial charge in [0.2, 0.25) is 11.8 Å². The molecule has 1 aromatic rings. The normalized spacial score (nSPS) is 9.62. The number of nitrogens with one attached hydrogen (secondary N) is 2. The van der Waals surface area contributed by atoms with Gasteiger partial charge in [0.1, 0.15) is 0 Å². The second-order valence-electron chi connectivity index (χ2n) is 3.25. The van der Waals surface area contributed by atoms with E-state index >= 15 is 0 Å². The molecule has 0 saturated heterocycles. The molecule has 0 heterocycles. The van der Waals surface area contributed by atoms with Crippen LogP contribution in [0.15, 0.2) is 24.3 Å². The Labute approximate surface area is 99.0 Å². The molecule has 0 aromatic heterocycles. The van der Waals surface area contributed by atoms with Crippen molar-refractivity contribution < 1.29 is 9.59 Å². The first-order chi connectivity index (χ1) is 7.61. The Morgan fingerprint density at radius 2 is 1.69 bits per heavy atom. The van der Waals surface area contributed by atoms with Gasteiger partial charge in [-0.15, -0.1) is 0 Å². The zero-order valence-electron chi connectivity index (χ0n) is 8.92. The van der Waals surface area contributed by atoms with E-state index in [4.69, 9.17) is 11.6 Å². The van der Waals surface area contributed by atoms with Crippen LogP contribution >= 0.6 is 11.6 Å². The molecule has 0 unspecified atom stereocenters. The molecule has 16 heavy (non-hydrogen) atoms. The number of halogens is 1. The SMILES string of the molecule is CCC(=O)NNC(=O)Cc1ccc(Cl)cc1. The number of carbonyl (C=O) groups excluding carboxylic acids is 2. The molecule has 5 heteroatoms. The van der Waals surface area contributed by atoms with Gasteiger partial charge < -0.3 is 0 Å². The Morgan fingerprint density at radius 3 is 2.25 bits per heavy atom. The summed E-state index contributed by atoms with van der Waals surface area (Å²) in [5, 5.41) is 0.628. The average Bonchev–Trinajstić information content (AvgIpc) is 2.29. The molecule has 0 saturated carbocycles. The summed E-state index contributed by atoms with van der Waals surface area (Å²) in [6.07, 6.45) is 0.544. The second kappa shape index (κ2) is 6.12. The van der Waals surface area contributed by atoms with Crippen molar-refractivity contribution in [3.63, 3.8) is 0 Å². The summed E-state index contributed by atoms with van der Waals surface area (Å²) in [7, 11) is 0. The van der Waals surface area contributed by atoms with Crippen LogP contribution in [0.2, 0.25) is 5.02 Å². The maximum absolute atomic E-state index is 11.4. The zero-order chi connectivity index (χ0) is 12.0. The van der Waals surface area contributed by atoms with Crippen LogP contribution in [-0.2, 0) is 16.0 Å². The summed E-state index contributed by atoms with van der Waals surface area (Å²) in [5.41, 5.74) is 5.46. The molecule has 0 aliphatic rings. The van der Waals surface area contributed by atoms with Crippen LogP contribution in [0.25, 0.3) is 0 Å². The second-order valence-corrected chi connectivity index (χ2v) is 3.69. The van der Waals surface area contributed by atoms with Crippen LogP contribution in [0.4, 0.5) is 0 Å². The molecule has 0 fully saturated rings. The summed E-state index contributed by atoms with van der Waals surface area (Å²) >= 11 is 5.71. The molecule has 0 spiro atoms. The van der Waals surface area contributed by atoms with E-state index in [1.807, 2.05) is 0 Å². The third kappa shape index (κ3) is 4.31. The molecule has 86 valence electrons. The van der Waals surface area contributed by atoms with Gasteiger partial charge in [-0.05, 0) is 17.7 Å². The van der Waals surface area contributed by atoms with E-state index in [-0.39, 0.29) is 18.2 Å². The fourth-order valence-electron chi connectivity index (χ4n) is 1.06. The van der Waals surface area contributed by atoms with Gasteiger partial charge >= 0.3 is 0 Å². The van der Waals surface area contributed by atoms with E-state index in [2.05, 4.69) is 10.9 Å². The highest BCUT2D eigenvalue weighted by Crippen LogP contribution is 2.09. The largest absolute Gasteiger partial charge is 0.273 e. The van der Waals surface area contributed by atoms with Crippen molar-refractivity contribution in [2.75, 3.05) is 0 Å². The van der Waals surface area contributed by atoms with E-state index in [9.17, 15) is 9.59 Å². The number of carbonyl (C=O) groups is 2. The molecule has 4 nitrogen and oxygen atoms in total. The lowest BCUT2D eigenvalue weighted by Gasteiger charge is -2.06. The highest BCUT2D eigenvalue weighted by atomic mass is 35.5. The highest BCUT2D eigenvalue weighted by molar-refractivity contribution is 6.30. The Bertz CT molecular complexity index is 376. The van der Waals surface area contributed by atoms with Crippen LogP contribution in [0.3, 0.4) is 0 Å². The molecule has 0 bridgehead atoms. The molecular formula is C11H13ClN2O2. The van der Waals surface area contributed by atoms with Gasteiger partial charge in [-0.3, -0.25) is 20.4 Å². The highest BCUT2D eigenvalue weighted by Gasteiger charge is 2.04. The van der Waals surface area contributed by atoms with Crippen molar-refractivity contribution in [2.24, 2.45) is 0 Å². The van der Waals surface area contributed by atoms with Crippen molar-refractivity contribution >= 4 is 23.4 Å². The van der Waals surface area contributed by atoms with Crippen molar-refractivity contribution in [1.29, 1.82) is 0 Å². The monoisotopic (exact) mass is 240 g/mol. The Kier molecular flexibility index (Phi) is 4.79. The lowest BCUT2D eigenvalue weighted by molar-refractivity contribution is -0.128. The summed E-state index contributed by atoms with van der Waals surface area (Å²) < 4.78 is 0. The fraction of sp³-hybridized carbons (Fsp3) is 0.273. The quantitative estimate of drug-likeness (QED) is 0.786. The maximum atomic E-state index is 11.4. The van der Waals surface area contributed by atoms with Gasteiger partial charge in [0.25, 0.3) is 0 Å². The predicted molar refractivity (Wildman–Crippen MR) is 61.7 cm³/mol. The summed E-state index contributed by atoms with van der Waals surface area (Å²) in [6.45, 7) is 1.71. The number of hydrogen-bond acceptors (Lipinski definition) is 2. The number of benzene rings is 1. The minimum Gasteiger partial charge on any atom is -0.273 e. The molecular weight excluding hydrogens is 228 g/mol. The van der Waals surface area contributed by atoms with Crippen LogP contribution in [-0.4, -0.2) is 11.8 Å². The standard InChI is InChI=1S/C11H13ClN2O2/c1-2-10(15)13-14-11(16)7-8-3-5-9(12)6-4-8/h3-6H,2,7H2,1H3,(H,13,15)(H,14,16). The minimum absolute atomic E-state index is 0.209. The van der Waals surface area contributed by atoms with E-state index in [0.29, 0.717) is 11.4 Å². The molecule has 2 amide bonds. The molecule has 0 aliphatic carbocycles. The van der Waals surface area contributed by atoms with Gasteiger partial charge in [-0.25, -0.2) is 0 Å². The molecule has 1 aromatic carbocycles. The number of hydrogen-bond donors (Lipinski definition) is 2. The van der Waals surface area contributed by atoms with Crippen LogP contribution in [0.1, 0.15) is 18.9 Å². The van der Waals surface area contributed by atoms with Crippen molar-refractivity contribution in [1.82, 2.24) is 10.9 Å². The van der Waals surface area contributed by atoms with Crippen LogP contribution in [0.5, 0.6) is 0 Å². The number of rotatable bonds is 3. The van der Waals surface area contributed by atoms with Gasteiger partial charge in [-0.2, -0.15) is 0 Å². The third-order valence-electron chi connectivity index (χ3n) is 1.94. The predicted octanol–water partition coefficient (Wildman–Crippen LogP) is 1.44. The van der Waals surface area contributed by atoms with Gasteiger partial charge in [-0.1, -0.05) is 30.7 Å². The lowest BCUT2D eigenvalue weighted by Crippen LogP contribution is -2.42. The maximum Gasteiger partial charge on any atom is 0.242 e. The Balaban J connectivity index is 2.40.